The maximum Gasteiger partial charge on any atom is 0.278 e. The van der Waals surface area contributed by atoms with E-state index in [0.717, 1.165) is 29.7 Å². The van der Waals surface area contributed by atoms with Crippen LogP contribution < -0.4 is 4.90 Å². The van der Waals surface area contributed by atoms with Crippen LogP contribution in [0.2, 0.25) is 0 Å². The van der Waals surface area contributed by atoms with Crippen LogP contribution in [0, 0.1) is 13.8 Å². The molecule has 0 aliphatic carbocycles. The predicted molar refractivity (Wildman–Crippen MR) is 120 cm³/mol. The summed E-state index contributed by atoms with van der Waals surface area (Å²) in [5.41, 5.74) is 3.72. The minimum absolute atomic E-state index is 0.0116. The van der Waals surface area contributed by atoms with Crippen LogP contribution in [0.25, 0.3) is 0 Å². The Hall–Kier alpha value is -3.62. The number of piperidine rings is 1. The van der Waals surface area contributed by atoms with Gasteiger partial charge in [-0.3, -0.25) is 14.5 Å². The third kappa shape index (κ3) is 4.10. The van der Waals surface area contributed by atoms with Crippen molar-refractivity contribution >= 4 is 17.6 Å². The van der Waals surface area contributed by atoms with Gasteiger partial charge in [0.05, 0.1) is 6.54 Å². The van der Waals surface area contributed by atoms with Crippen molar-refractivity contribution in [2.24, 2.45) is 0 Å². The molecule has 1 saturated heterocycles. The largest absolute Gasteiger partial charge is 0.336 e. The highest BCUT2D eigenvalue weighted by molar-refractivity contribution is 5.95. The summed E-state index contributed by atoms with van der Waals surface area (Å²) < 4.78 is 4.71. The van der Waals surface area contributed by atoms with Crippen molar-refractivity contribution in [3.8, 4) is 0 Å². The summed E-state index contributed by atoms with van der Waals surface area (Å²) in [4.78, 5) is 39.1. The van der Waals surface area contributed by atoms with E-state index in [1.165, 1.54) is 0 Å². The molecule has 9 nitrogen and oxygen atoms in total. The number of likely N-dealkylation sites (tertiary alicyclic amines) is 1. The van der Waals surface area contributed by atoms with Crippen molar-refractivity contribution in [2.45, 2.75) is 52.0 Å². The summed E-state index contributed by atoms with van der Waals surface area (Å²) in [6.07, 6.45) is 2.83. The maximum absolute atomic E-state index is 12.9. The molecule has 1 aromatic carbocycles. The third-order valence-corrected chi connectivity index (χ3v) is 6.47. The van der Waals surface area contributed by atoms with E-state index in [4.69, 9.17) is 14.6 Å². The second kappa shape index (κ2) is 8.73. The Morgan fingerprint density at radius 1 is 1.09 bits per heavy atom. The van der Waals surface area contributed by atoms with Crippen molar-refractivity contribution in [3.05, 3.63) is 64.4 Å². The molecule has 2 amide bonds. The lowest BCUT2D eigenvalue weighted by Gasteiger charge is -2.33. The Morgan fingerprint density at radius 2 is 1.91 bits per heavy atom. The van der Waals surface area contributed by atoms with Crippen LogP contribution >= 0.6 is 0 Å². The molecule has 0 spiro atoms. The minimum atomic E-state index is -0.186. The molecule has 1 fully saturated rings. The predicted octanol–water partition coefficient (Wildman–Crippen LogP) is 2.98. The molecule has 170 valence electrons. The number of nitrogens with zero attached hydrogens (tertiary/aromatic N) is 6. The van der Waals surface area contributed by atoms with E-state index in [9.17, 15) is 9.59 Å². The van der Waals surface area contributed by atoms with Crippen LogP contribution in [-0.4, -0.2) is 50.1 Å². The van der Waals surface area contributed by atoms with Gasteiger partial charge in [-0.15, -0.1) is 0 Å². The fraction of sp³-hybridized carbons (Fsp3) is 0.417. The first kappa shape index (κ1) is 21.2. The van der Waals surface area contributed by atoms with Crippen LogP contribution in [-0.2, 0) is 17.8 Å². The number of hydrogen-bond donors (Lipinski definition) is 0. The molecule has 33 heavy (non-hydrogen) atoms. The Kier molecular flexibility index (Phi) is 5.62. The van der Waals surface area contributed by atoms with Crippen LogP contribution in [0.3, 0.4) is 0 Å². The van der Waals surface area contributed by atoms with Crippen LogP contribution in [0.4, 0.5) is 5.82 Å². The number of hydrogen-bond acceptors (Lipinski definition) is 7. The van der Waals surface area contributed by atoms with Gasteiger partial charge in [0, 0.05) is 36.7 Å². The molecule has 5 rings (SSSR count). The van der Waals surface area contributed by atoms with E-state index in [1.807, 2.05) is 37.3 Å². The van der Waals surface area contributed by atoms with Gasteiger partial charge in [-0.1, -0.05) is 35.5 Å². The molecule has 0 radical (unpaired) electrons. The number of fused-ring (bicyclic) bond motifs is 1. The van der Waals surface area contributed by atoms with E-state index in [-0.39, 0.29) is 23.4 Å². The summed E-state index contributed by atoms with van der Waals surface area (Å²) in [6.45, 7) is 5.31. The fourth-order valence-electron chi connectivity index (χ4n) is 4.66. The molecule has 1 atom stereocenters. The van der Waals surface area contributed by atoms with Crippen LogP contribution in [0.1, 0.15) is 64.0 Å². The number of rotatable bonds is 4. The highest BCUT2D eigenvalue weighted by atomic mass is 16.6. The first-order valence-electron chi connectivity index (χ1n) is 11.3. The monoisotopic (exact) mass is 446 g/mol. The highest BCUT2D eigenvalue weighted by Gasteiger charge is 2.33. The summed E-state index contributed by atoms with van der Waals surface area (Å²) in [7, 11) is 0. The molecule has 0 saturated carbocycles. The van der Waals surface area contributed by atoms with Crippen molar-refractivity contribution in [2.75, 3.05) is 18.0 Å². The van der Waals surface area contributed by atoms with Crippen molar-refractivity contribution in [3.63, 3.8) is 0 Å². The van der Waals surface area contributed by atoms with Gasteiger partial charge in [-0.25, -0.2) is 14.6 Å². The van der Waals surface area contributed by atoms with Gasteiger partial charge in [-0.2, -0.15) is 0 Å². The normalized spacial score (nSPS) is 18.4. The highest BCUT2D eigenvalue weighted by Crippen LogP contribution is 2.33. The van der Waals surface area contributed by atoms with Crippen molar-refractivity contribution in [1.29, 1.82) is 0 Å². The number of aromatic nitrogens is 4. The average Bonchev–Trinajstić information content (AvgIpc) is 3.27. The van der Waals surface area contributed by atoms with Crippen molar-refractivity contribution in [1.82, 2.24) is 25.2 Å². The lowest BCUT2D eigenvalue weighted by atomic mass is 9.95. The average molecular weight is 447 g/mol. The Labute approximate surface area is 191 Å². The molecule has 4 heterocycles. The van der Waals surface area contributed by atoms with Gasteiger partial charge in [0.15, 0.2) is 5.69 Å². The van der Waals surface area contributed by atoms with Crippen molar-refractivity contribution < 1.29 is 14.2 Å². The fourth-order valence-corrected chi connectivity index (χ4v) is 4.66. The number of carbonyl (C=O) groups excluding carboxylic acids is 2. The Morgan fingerprint density at radius 3 is 2.67 bits per heavy atom. The van der Waals surface area contributed by atoms with E-state index in [2.05, 4.69) is 10.3 Å². The van der Waals surface area contributed by atoms with Gasteiger partial charge in [-0.05, 0) is 43.8 Å². The zero-order valence-electron chi connectivity index (χ0n) is 18.8. The van der Waals surface area contributed by atoms with E-state index in [1.54, 1.807) is 16.7 Å². The van der Waals surface area contributed by atoms with Gasteiger partial charge >= 0.3 is 0 Å². The summed E-state index contributed by atoms with van der Waals surface area (Å²) in [6, 6.07) is 9.94. The molecule has 0 bridgehead atoms. The number of carbonyl (C=O) groups is 2. The van der Waals surface area contributed by atoms with Gasteiger partial charge in [0.2, 0.25) is 5.91 Å². The maximum atomic E-state index is 12.9. The molecular weight excluding hydrogens is 420 g/mol. The first-order valence-corrected chi connectivity index (χ1v) is 11.3. The third-order valence-electron chi connectivity index (χ3n) is 6.47. The summed E-state index contributed by atoms with van der Waals surface area (Å²) in [5, 5.41) is 7.49. The Balaban J connectivity index is 1.43. The number of amides is 2. The number of anilines is 1. The van der Waals surface area contributed by atoms with Crippen LogP contribution in [0.15, 0.2) is 35.0 Å². The summed E-state index contributed by atoms with van der Waals surface area (Å²) >= 11 is 0. The molecule has 0 unspecified atom stereocenters. The smallest absolute Gasteiger partial charge is 0.278 e. The second-order valence-electron chi connectivity index (χ2n) is 8.72. The first-order chi connectivity index (χ1) is 16.0. The topological polar surface area (TPSA) is 105 Å². The van der Waals surface area contributed by atoms with E-state index >= 15 is 0 Å². The summed E-state index contributed by atoms with van der Waals surface area (Å²) in [5.74, 6) is 1.27. The van der Waals surface area contributed by atoms with Gasteiger partial charge in [0.25, 0.3) is 5.91 Å². The quantitative estimate of drug-likeness (QED) is 0.607. The molecule has 2 aromatic heterocycles. The second-order valence-corrected chi connectivity index (χ2v) is 8.72. The lowest BCUT2D eigenvalue weighted by Crippen LogP contribution is -2.40. The SMILES string of the molecule is Cc1nonc1C(=O)N1CCC[C@H](c2nc(C)c3c(n2)N(Cc2ccccc2)C(=O)CC3)C1. The minimum Gasteiger partial charge on any atom is -0.336 e. The van der Waals surface area contributed by atoms with Gasteiger partial charge < -0.3 is 4.90 Å². The number of benzene rings is 1. The molecule has 2 aliphatic heterocycles. The molecular formula is C24H26N6O3. The Bertz CT molecular complexity index is 1190. The zero-order chi connectivity index (χ0) is 22.9. The van der Waals surface area contributed by atoms with Crippen LogP contribution in [0.5, 0.6) is 0 Å². The molecule has 3 aromatic rings. The molecule has 2 aliphatic rings. The zero-order valence-corrected chi connectivity index (χ0v) is 18.8. The molecule has 0 N–H and O–H groups in total. The van der Waals surface area contributed by atoms with Gasteiger partial charge in [0.1, 0.15) is 17.3 Å². The van der Waals surface area contributed by atoms with E-state index < -0.39 is 0 Å². The standard InChI is InChI=1S/C24H26N6O3/c1-15-19-10-11-20(31)30(13-17-7-4-3-5-8-17)23(19)26-22(25-15)18-9-6-12-29(14-18)24(32)21-16(2)27-33-28-21/h3-5,7-8,18H,6,9-14H2,1-2H3/t18-/m0/s1. The number of aryl methyl sites for hydroxylation is 2. The lowest BCUT2D eigenvalue weighted by molar-refractivity contribution is -0.119. The van der Waals surface area contributed by atoms with E-state index in [0.29, 0.717) is 49.8 Å². The molecule has 9 heteroatoms.